The van der Waals surface area contributed by atoms with E-state index < -0.39 is 0 Å². The fourth-order valence-corrected chi connectivity index (χ4v) is 1.72. The van der Waals surface area contributed by atoms with Crippen LogP contribution in [0.25, 0.3) is 0 Å². The van der Waals surface area contributed by atoms with Gasteiger partial charge in [-0.3, -0.25) is 4.68 Å². The van der Waals surface area contributed by atoms with Crippen LogP contribution >= 0.6 is 0 Å². The second-order valence-corrected chi connectivity index (χ2v) is 3.57. The van der Waals surface area contributed by atoms with Gasteiger partial charge >= 0.3 is 0 Å². The molecule has 1 aromatic rings. The number of fused-ring (bicyclic) bond motifs is 1. The van der Waals surface area contributed by atoms with Crippen LogP contribution in [0.3, 0.4) is 0 Å². The van der Waals surface area contributed by atoms with Crippen molar-refractivity contribution in [3.05, 3.63) is 5.69 Å². The Bertz CT molecular complexity index is 316. The highest BCUT2D eigenvalue weighted by Crippen LogP contribution is 2.29. The van der Waals surface area contributed by atoms with Crippen LogP contribution in [0, 0.1) is 0 Å². The molecule has 0 amide bonds. The van der Waals surface area contributed by atoms with E-state index in [1.807, 2.05) is 11.7 Å². The summed E-state index contributed by atoms with van der Waals surface area (Å²) in [6, 6.07) is 0.479. The Morgan fingerprint density at radius 3 is 3.08 bits per heavy atom. The number of aromatic nitrogens is 2. The minimum atomic E-state index is 0.479. The molecule has 1 atom stereocenters. The lowest BCUT2D eigenvalue weighted by atomic mass is 10.2. The number of nitrogens with one attached hydrogen (secondary N) is 2. The summed E-state index contributed by atoms with van der Waals surface area (Å²) in [6.07, 6.45) is 0.978. The normalized spacial score (nSPS) is 20.4. The monoisotopic (exact) mass is 180 g/mol. The van der Waals surface area contributed by atoms with E-state index >= 15 is 0 Å². The van der Waals surface area contributed by atoms with Gasteiger partial charge in [-0.1, -0.05) is 6.92 Å². The van der Waals surface area contributed by atoms with E-state index in [9.17, 15) is 0 Å². The van der Waals surface area contributed by atoms with E-state index in [0.29, 0.717) is 6.04 Å². The van der Waals surface area contributed by atoms with Crippen LogP contribution in [0.5, 0.6) is 0 Å². The van der Waals surface area contributed by atoms with E-state index in [0.717, 1.165) is 24.5 Å². The molecule has 13 heavy (non-hydrogen) atoms. The van der Waals surface area contributed by atoms with Crippen LogP contribution in [0.1, 0.15) is 19.5 Å². The summed E-state index contributed by atoms with van der Waals surface area (Å²) in [5, 5.41) is 11.3. The van der Waals surface area contributed by atoms with Gasteiger partial charge in [0.05, 0.1) is 5.69 Å². The highest BCUT2D eigenvalue weighted by atomic mass is 15.3. The number of anilines is 2. The molecule has 2 heterocycles. The van der Waals surface area contributed by atoms with Gasteiger partial charge in [-0.25, -0.2) is 0 Å². The molecule has 0 fully saturated rings. The van der Waals surface area contributed by atoms with Gasteiger partial charge in [-0.2, -0.15) is 5.10 Å². The third kappa shape index (κ3) is 1.26. The van der Waals surface area contributed by atoms with E-state index in [2.05, 4.69) is 29.6 Å². The van der Waals surface area contributed by atoms with Gasteiger partial charge in [0.25, 0.3) is 0 Å². The fourth-order valence-electron chi connectivity index (χ4n) is 1.72. The molecule has 0 aromatic carbocycles. The Morgan fingerprint density at radius 2 is 2.38 bits per heavy atom. The minimum absolute atomic E-state index is 0.479. The van der Waals surface area contributed by atoms with E-state index in [-0.39, 0.29) is 0 Å². The first-order valence-electron chi connectivity index (χ1n) is 4.78. The molecule has 0 radical (unpaired) electrons. The SMILES string of the molecule is CCc1nn(C)c2c1NCC(C)N2. The van der Waals surface area contributed by atoms with Crippen LogP contribution in [-0.4, -0.2) is 22.4 Å². The van der Waals surface area contributed by atoms with Crippen molar-refractivity contribution in [2.75, 3.05) is 17.2 Å². The smallest absolute Gasteiger partial charge is 0.148 e. The molecule has 0 saturated heterocycles. The molecule has 0 bridgehead atoms. The van der Waals surface area contributed by atoms with E-state index in [1.165, 1.54) is 5.69 Å². The molecule has 72 valence electrons. The van der Waals surface area contributed by atoms with Crippen molar-refractivity contribution in [2.24, 2.45) is 7.05 Å². The Labute approximate surface area is 78.3 Å². The second kappa shape index (κ2) is 2.94. The van der Waals surface area contributed by atoms with Crippen LogP contribution in [0.15, 0.2) is 0 Å². The third-order valence-corrected chi connectivity index (χ3v) is 2.42. The van der Waals surface area contributed by atoms with Gasteiger partial charge in [0.1, 0.15) is 11.5 Å². The van der Waals surface area contributed by atoms with Crippen molar-refractivity contribution in [1.29, 1.82) is 0 Å². The van der Waals surface area contributed by atoms with Crippen molar-refractivity contribution >= 4 is 11.5 Å². The molecular weight excluding hydrogens is 164 g/mol. The van der Waals surface area contributed by atoms with Gasteiger partial charge in [0, 0.05) is 19.6 Å². The van der Waals surface area contributed by atoms with Crippen molar-refractivity contribution in [1.82, 2.24) is 9.78 Å². The predicted molar refractivity (Wildman–Crippen MR) is 54.2 cm³/mol. The van der Waals surface area contributed by atoms with Gasteiger partial charge in [0.2, 0.25) is 0 Å². The van der Waals surface area contributed by atoms with E-state index in [1.54, 1.807) is 0 Å². The molecule has 0 saturated carbocycles. The number of aryl methyl sites for hydroxylation is 2. The Hall–Kier alpha value is -1.19. The molecule has 1 aliphatic rings. The molecule has 4 heteroatoms. The lowest BCUT2D eigenvalue weighted by Gasteiger charge is -2.23. The predicted octanol–water partition coefficient (Wildman–Crippen LogP) is 1.21. The molecule has 0 aliphatic carbocycles. The summed E-state index contributed by atoms with van der Waals surface area (Å²) in [4.78, 5) is 0. The summed E-state index contributed by atoms with van der Waals surface area (Å²) < 4.78 is 1.91. The van der Waals surface area contributed by atoms with Crippen molar-refractivity contribution < 1.29 is 0 Å². The average Bonchev–Trinajstić information content (AvgIpc) is 2.43. The summed E-state index contributed by atoms with van der Waals surface area (Å²) in [7, 11) is 1.98. The molecule has 1 aromatic heterocycles. The molecule has 1 unspecified atom stereocenters. The van der Waals surface area contributed by atoms with Gasteiger partial charge < -0.3 is 10.6 Å². The highest BCUT2D eigenvalue weighted by Gasteiger charge is 2.20. The van der Waals surface area contributed by atoms with Crippen molar-refractivity contribution in [3.63, 3.8) is 0 Å². The fraction of sp³-hybridized carbons (Fsp3) is 0.667. The molecule has 2 N–H and O–H groups in total. The topological polar surface area (TPSA) is 41.9 Å². The molecular formula is C9H16N4. The third-order valence-electron chi connectivity index (χ3n) is 2.42. The minimum Gasteiger partial charge on any atom is -0.378 e. The number of hydrogen-bond donors (Lipinski definition) is 2. The molecule has 4 nitrogen and oxygen atoms in total. The maximum absolute atomic E-state index is 4.44. The van der Waals surface area contributed by atoms with Crippen LogP contribution in [-0.2, 0) is 13.5 Å². The maximum atomic E-state index is 4.44. The number of hydrogen-bond acceptors (Lipinski definition) is 3. The Kier molecular flexibility index (Phi) is 1.90. The lowest BCUT2D eigenvalue weighted by molar-refractivity contribution is 0.728. The standard InChI is InChI=1S/C9H16N4/c1-4-7-8-9(13(3)12-7)11-6(2)5-10-8/h6,10-11H,4-5H2,1-3H3. The molecule has 0 spiro atoms. The number of rotatable bonds is 1. The van der Waals surface area contributed by atoms with Gasteiger partial charge in [0.15, 0.2) is 0 Å². The summed E-state index contributed by atoms with van der Waals surface area (Å²) in [5.41, 5.74) is 2.33. The van der Waals surface area contributed by atoms with Crippen LogP contribution in [0.2, 0.25) is 0 Å². The van der Waals surface area contributed by atoms with Gasteiger partial charge in [-0.05, 0) is 13.3 Å². The maximum Gasteiger partial charge on any atom is 0.148 e. The van der Waals surface area contributed by atoms with Gasteiger partial charge in [-0.15, -0.1) is 0 Å². The zero-order valence-electron chi connectivity index (χ0n) is 8.39. The Balaban J connectivity index is 2.42. The summed E-state index contributed by atoms with van der Waals surface area (Å²) in [6.45, 7) is 5.27. The number of nitrogens with zero attached hydrogens (tertiary/aromatic N) is 2. The first kappa shape index (κ1) is 8.41. The first-order valence-corrected chi connectivity index (χ1v) is 4.78. The van der Waals surface area contributed by atoms with Crippen LogP contribution < -0.4 is 10.6 Å². The average molecular weight is 180 g/mol. The zero-order valence-corrected chi connectivity index (χ0v) is 8.39. The van der Waals surface area contributed by atoms with Crippen molar-refractivity contribution in [3.8, 4) is 0 Å². The lowest BCUT2D eigenvalue weighted by Crippen LogP contribution is -2.30. The molecule has 2 rings (SSSR count). The van der Waals surface area contributed by atoms with Crippen LogP contribution in [0.4, 0.5) is 11.5 Å². The molecule has 1 aliphatic heterocycles. The zero-order chi connectivity index (χ0) is 9.42. The van der Waals surface area contributed by atoms with E-state index in [4.69, 9.17) is 0 Å². The second-order valence-electron chi connectivity index (χ2n) is 3.57. The van der Waals surface area contributed by atoms with Crippen molar-refractivity contribution in [2.45, 2.75) is 26.3 Å². The highest BCUT2D eigenvalue weighted by molar-refractivity contribution is 5.70. The first-order chi connectivity index (χ1) is 6.22. The largest absolute Gasteiger partial charge is 0.378 e. The summed E-state index contributed by atoms with van der Waals surface area (Å²) >= 11 is 0. The quantitative estimate of drug-likeness (QED) is 0.682. The Morgan fingerprint density at radius 1 is 1.62 bits per heavy atom. The summed E-state index contributed by atoms with van der Waals surface area (Å²) in [5.74, 6) is 1.12.